The quantitative estimate of drug-likeness (QED) is 0.162. The monoisotopic (exact) mass is 587 g/mol. The summed E-state index contributed by atoms with van der Waals surface area (Å²) >= 11 is 0. The number of amides is 2. The summed E-state index contributed by atoms with van der Waals surface area (Å²) in [5.74, 6) is -1.41. The Hall–Kier alpha value is -3.80. The van der Waals surface area contributed by atoms with Gasteiger partial charge in [0.25, 0.3) is 5.91 Å². The van der Waals surface area contributed by atoms with Gasteiger partial charge in [0.1, 0.15) is 17.6 Å². The van der Waals surface area contributed by atoms with Gasteiger partial charge in [-0.1, -0.05) is 44.2 Å². The molecule has 0 aromatic heterocycles. The molecule has 1 aromatic carbocycles. The van der Waals surface area contributed by atoms with Crippen molar-refractivity contribution < 1.29 is 39.1 Å². The van der Waals surface area contributed by atoms with Crippen molar-refractivity contribution in [2.75, 3.05) is 31.4 Å². The zero-order chi connectivity index (χ0) is 31.6. The number of benzene rings is 1. The van der Waals surface area contributed by atoms with Crippen molar-refractivity contribution in [1.82, 2.24) is 0 Å². The topological polar surface area (TPSA) is 173 Å². The fourth-order valence-electron chi connectivity index (χ4n) is 4.98. The molecule has 42 heavy (non-hydrogen) atoms. The number of carbonyl (C=O) groups is 2. The lowest BCUT2D eigenvalue weighted by Gasteiger charge is -2.29. The summed E-state index contributed by atoms with van der Waals surface area (Å²) in [7, 11) is 2.95. The molecule has 11 nitrogen and oxygen atoms in total. The molecule has 2 rings (SSSR count). The maximum Gasteiger partial charge on any atom is 0.405 e. The van der Waals surface area contributed by atoms with Crippen LogP contribution in [0.5, 0.6) is 11.5 Å². The summed E-state index contributed by atoms with van der Waals surface area (Å²) in [6.45, 7) is 11.1. The van der Waals surface area contributed by atoms with Crippen LogP contribution in [-0.2, 0) is 25.4 Å². The van der Waals surface area contributed by atoms with E-state index in [1.165, 1.54) is 26.4 Å². The van der Waals surface area contributed by atoms with Crippen molar-refractivity contribution in [2.24, 2.45) is 17.6 Å². The number of phenolic OH excluding ortho intramolecular Hbond substituents is 2. The van der Waals surface area contributed by atoms with Crippen LogP contribution in [0.3, 0.4) is 0 Å². The first-order valence-electron chi connectivity index (χ1n) is 13.8. The molecular formula is C31H45N3O8. The zero-order valence-corrected chi connectivity index (χ0v) is 25.2. The molecule has 0 spiro atoms. The third-order valence-corrected chi connectivity index (χ3v) is 7.25. The third kappa shape index (κ3) is 9.10. The van der Waals surface area contributed by atoms with E-state index in [0.29, 0.717) is 41.8 Å². The Morgan fingerprint density at radius 1 is 1.24 bits per heavy atom. The number of rotatable bonds is 6. The van der Waals surface area contributed by atoms with E-state index in [1.54, 1.807) is 38.2 Å². The molecule has 1 heterocycles. The van der Waals surface area contributed by atoms with E-state index in [0.717, 1.165) is 0 Å². The lowest BCUT2D eigenvalue weighted by Crippen LogP contribution is -2.37. The number of allylic oxidation sites excluding steroid dienone is 2. The predicted octanol–water partition coefficient (Wildman–Crippen LogP) is 4.16. The van der Waals surface area contributed by atoms with Gasteiger partial charge < -0.3 is 45.9 Å². The number of methoxy groups -OCH3 is 2. The molecule has 11 heteroatoms. The second-order valence-corrected chi connectivity index (χ2v) is 10.6. The molecule has 2 amide bonds. The molecule has 0 saturated heterocycles. The fourth-order valence-corrected chi connectivity index (χ4v) is 4.98. The Morgan fingerprint density at radius 2 is 1.93 bits per heavy atom. The molecule has 1 aliphatic rings. The number of phenols is 2. The highest BCUT2D eigenvalue weighted by Gasteiger charge is 2.30. The number of ether oxygens (including phenoxy) is 3. The van der Waals surface area contributed by atoms with Crippen LogP contribution >= 0.6 is 0 Å². The van der Waals surface area contributed by atoms with E-state index >= 15 is 0 Å². The second-order valence-electron chi connectivity index (χ2n) is 10.6. The predicted molar refractivity (Wildman–Crippen MR) is 162 cm³/mol. The van der Waals surface area contributed by atoms with E-state index in [-0.39, 0.29) is 23.1 Å². The Balaban J connectivity index is 2.67. The van der Waals surface area contributed by atoms with Gasteiger partial charge in [-0.25, -0.2) is 4.79 Å². The van der Waals surface area contributed by atoms with Gasteiger partial charge in [-0.2, -0.15) is 0 Å². The minimum atomic E-state index is -0.990. The normalized spacial score (nSPS) is 29.3. The SMILES string of the molecule is C=CCNc1c(O)cc2c(O)c1CC(C)C[C@H](OC)[C@H](O)[C@@H](C)/C=C(\C)C(OC(N)=O)[C@@H](OC)/C=C/C=C(\C)C(=O)N2. The zero-order valence-electron chi connectivity index (χ0n) is 25.2. The Labute approximate surface area is 247 Å². The highest BCUT2D eigenvalue weighted by Crippen LogP contribution is 2.42. The van der Waals surface area contributed by atoms with Gasteiger partial charge in [-0.3, -0.25) is 4.79 Å². The number of aliphatic hydroxyl groups is 1. The van der Waals surface area contributed by atoms with Crippen molar-refractivity contribution in [1.29, 1.82) is 0 Å². The minimum absolute atomic E-state index is 0.0416. The Kier molecular flexibility index (Phi) is 13.1. The Bertz CT molecular complexity index is 1210. The molecule has 7 N–H and O–H groups in total. The molecular weight excluding hydrogens is 542 g/mol. The first-order valence-corrected chi connectivity index (χ1v) is 13.8. The average Bonchev–Trinajstić information content (AvgIpc) is 2.94. The van der Waals surface area contributed by atoms with E-state index in [9.17, 15) is 24.9 Å². The molecule has 232 valence electrons. The molecule has 2 bridgehead atoms. The molecule has 0 fully saturated rings. The lowest BCUT2D eigenvalue weighted by molar-refractivity contribution is -0.112. The molecule has 1 aromatic rings. The smallest absolute Gasteiger partial charge is 0.405 e. The highest BCUT2D eigenvalue weighted by molar-refractivity contribution is 6.04. The van der Waals surface area contributed by atoms with E-state index < -0.39 is 42.3 Å². The average molecular weight is 588 g/mol. The first-order chi connectivity index (χ1) is 19.8. The van der Waals surface area contributed by atoms with Crippen molar-refractivity contribution in [3.8, 4) is 11.5 Å². The maximum absolute atomic E-state index is 13.0. The standard InChI is InChI=1S/C31H45N3O8/c1-8-12-33-26-21-13-17(2)14-25(41-7)27(36)19(4)15-20(5)29(42-31(32)39)24(40-6)11-9-10-18(3)30(38)34-22(28(21)37)16-23(26)35/h8-11,15-17,19,24-25,27,29,33,35-37H,1,12-14H2,2-7H3,(H2,32,39)(H,34,38)/b11-9+,18-10+,20-15+/t17?,19-,24-,25-,27+,29?/m0/s1. The molecule has 1 aliphatic heterocycles. The van der Waals surface area contributed by atoms with Crippen molar-refractivity contribution in [3.63, 3.8) is 0 Å². The number of nitrogens with two attached hydrogens (primary N) is 1. The number of aliphatic hydroxyl groups excluding tert-OH is 1. The van der Waals surface area contributed by atoms with Crippen LogP contribution in [0, 0.1) is 11.8 Å². The summed E-state index contributed by atoms with van der Waals surface area (Å²) in [5.41, 5.74) is 7.01. The van der Waals surface area contributed by atoms with Gasteiger partial charge >= 0.3 is 6.09 Å². The van der Waals surface area contributed by atoms with Crippen molar-refractivity contribution in [2.45, 2.75) is 65.0 Å². The van der Waals surface area contributed by atoms with Gasteiger partial charge in [0.2, 0.25) is 0 Å². The molecule has 2 unspecified atom stereocenters. The summed E-state index contributed by atoms with van der Waals surface area (Å²) < 4.78 is 16.6. The van der Waals surface area contributed by atoms with E-state index in [2.05, 4.69) is 17.2 Å². The van der Waals surface area contributed by atoms with E-state index in [1.807, 2.05) is 13.8 Å². The number of fused-ring (bicyclic) bond motifs is 2. The Morgan fingerprint density at radius 3 is 2.52 bits per heavy atom. The van der Waals surface area contributed by atoms with Crippen LogP contribution in [0.2, 0.25) is 0 Å². The van der Waals surface area contributed by atoms with E-state index in [4.69, 9.17) is 19.9 Å². The molecule has 6 atom stereocenters. The number of primary amides is 1. The van der Waals surface area contributed by atoms with Crippen LogP contribution in [0.15, 0.2) is 54.2 Å². The van der Waals surface area contributed by atoms with Crippen LogP contribution in [0.4, 0.5) is 16.2 Å². The molecule has 0 radical (unpaired) electrons. The fraction of sp³-hybridized carbons (Fsp3) is 0.484. The minimum Gasteiger partial charge on any atom is -0.506 e. The third-order valence-electron chi connectivity index (χ3n) is 7.25. The van der Waals surface area contributed by atoms with Gasteiger partial charge in [0.05, 0.1) is 23.6 Å². The van der Waals surface area contributed by atoms with Crippen LogP contribution in [-0.4, -0.2) is 72.5 Å². The van der Waals surface area contributed by atoms with Crippen molar-refractivity contribution in [3.05, 3.63) is 59.7 Å². The maximum atomic E-state index is 13.0. The van der Waals surface area contributed by atoms with Gasteiger partial charge in [0, 0.05) is 43.9 Å². The first kappa shape index (κ1) is 34.4. The van der Waals surface area contributed by atoms with Crippen LogP contribution < -0.4 is 16.4 Å². The van der Waals surface area contributed by atoms with Crippen LogP contribution in [0.25, 0.3) is 0 Å². The molecule has 0 aliphatic carbocycles. The summed E-state index contributed by atoms with van der Waals surface area (Å²) in [4.78, 5) is 24.7. The number of carbonyl (C=O) groups excluding carboxylic acids is 2. The lowest BCUT2D eigenvalue weighted by atomic mass is 9.87. The molecule has 0 saturated carbocycles. The number of nitrogens with one attached hydrogen (secondary N) is 2. The second kappa shape index (κ2) is 16.0. The van der Waals surface area contributed by atoms with Gasteiger partial charge in [0.15, 0.2) is 6.10 Å². The van der Waals surface area contributed by atoms with Crippen molar-refractivity contribution >= 4 is 23.4 Å². The number of aromatic hydroxyl groups is 2. The summed E-state index contributed by atoms with van der Waals surface area (Å²) in [5, 5.41) is 39.1. The van der Waals surface area contributed by atoms with Gasteiger partial charge in [-0.05, 0) is 38.2 Å². The summed E-state index contributed by atoms with van der Waals surface area (Å²) in [6.07, 6.45) is 4.64. The highest BCUT2D eigenvalue weighted by atomic mass is 16.6. The largest absolute Gasteiger partial charge is 0.506 e. The number of anilines is 2. The van der Waals surface area contributed by atoms with Gasteiger partial charge in [-0.15, -0.1) is 6.58 Å². The summed E-state index contributed by atoms with van der Waals surface area (Å²) in [6, 6.07) is 1.28. The number of hydrogen-bond donors (Lipinski definition) is 6. The van der Waals surface area contributed by atoms with Crippen LogP contribution in [0.1, 0.15) is 39.7 Å². The number of hydrogen-bond acceptors (Lipinski definition) is 9.